The summed E-state index contributed by atoms with van der Waals surface area (Å²) in [5, 5.41) is 2.99. The summed E-state index contributed by atoms with van der Waals surface area (Å²) in [7, 11) is 1.56. The molecule has 1 aliphatic heterocycles. The second kappa shape index (κ2) is 7.94. The molecular weight excluding hydrogens is 280 g/mol. The Morgan fingerprint density at radius 2 is 1.91 bits per heavy atom. The van der Waals surface area contributed by atoms with E-state index in [1.165, 1.54) is 0 Å². The fourth-order valence-corrected chi connectivity index (χ4v) is 2.75. The molecule has 2 amide bonds. The van der Waals surface area contributed by atoms with E-state index in [0.717, 1.165) is 18.4 Å². The van der Waals surface area contributed by atoms with Crippen LogP contribution in [0, 0.1) is 0 Å². The Balaban J connectivity index is 1.92. The summed E-state index contributed by atoms with van der Waals surface area (Å²) < 4.78 is 5.40. The number of benzene rings is 1. The lowest BCUT2D eigenvalue weighted by Gasteiger charge is -2.34. The highest BCUT2D eigenvalue weighted by Crippen LogP contribution is 2.21. The zero-order chi connectivity index (χ0) is 15.9. The molecule has 1 N–H and O–H groups in total. The molecule has 1 aliphatic rings. The third-order valence-corrected chi connectivity index (χ3v) is 4.06. The predicted molar refractivity (Wildman–Crippen MR) is 84.2 cm³/mol. The topological polar surface area (TPSA) is 58.6 Å². The van der Waals surface area contributed by atoms with Crippen molar-refractivity contribution in [2.24, 2.45) is 0 Å². The van der Waals surface area contributed by atoms with E-state index in [1.54, 1.807) is 7.11 Å². The van der Waals surface area contributed by atoms with Crippen LogP contribution in [0.5, 0.6) is 0 Å². The first kappa shape index (κ1) is 16.5. The summed E-state index contributed by atoms with van der Waals surface area (Å²) in [6, 6.07) is 9.71. The molecule has 5 heteroatoms. The second-order valence-corrected chi connectivity index (χ2v) is 5.55. The summed E-state index contributed by atoms with van der Waals surface area (Å²) in [6.07, 6.45) is 1.53. The fourth-order valence-electron chi connectivity index (χ4n) is 2.75. The molecule has 1 heterocycles. The molecule has 0 aliphatic carbocycles. The van der Waals surface area contributed by atoms with Gasteiger partial charge in [0.05, 0.1) is 0 Å². The second-order valence-electron chi connectivity index (χ2n) is 5.55. The molecule has 2 rings (SSSR count). The molecule has 0 saturated carbocycles. The highest BCUT2D eigenvalue weighted by Gasteiger charge is 2.29. The quantitative estimate of drug-likeness (QED) is 0.904. The van der Waals surface area contributed by atoms with Crippen molar-refractivity contribution in [3.05, 3.63) is 35.9 Å². The third-order valence-electron chi connectivity index (χ3n) is 4.06. The van der Waals surface area contributed by atoms with Gasteiger partial charge >= 0.3 is 0 Å². The number of nitrogens with one attached hydrogen (secondary N) is 1. The molecule has 22 heavy (non-hydrogen) atoms. The third kappa shape index (κ3) is 4.07. The Morgan fingerprint density at radius 1 is 1.27 bits per heavy atom. The zero-order valence-electron chi connectivity index (χ0n) is 13.2. The van der Waals surface area contributed by atoms with Gasteiger partial charge in [0, 0.05) is 32.7 Å². The Hall–Kier alpha value is -1.88. The Bertz CT molecular complexity index is 496. The van der Waals surface area contributed by atoms with E-state index in [2.05, 4.69) is 5.32 Å². The van der Waals surface area contributed by atoms with Crippen LogP contribution in [0.2, 0.25) is 0 Å². The van der Waals surface area contributed by atoms with Gasteiger partial charge in [-0.25, -0.2) is 0 Å². The molecule has 0 aromatic heterocycles. The molecule has 1 fully saturated rings. The van der Waals surface area contributed by atoms with E-state index >= 15 is 0 Å². The van der Waals surface area contributed by atoms with E-state index < -0.39 is 6.10 Å². The molecule has 0 spiro atoms. The smallest absolute Gasteiger partial charge is 0.256 e. The van der Waals surface area contributed by atoms with Crippen molar-refractivity contribution < 1.29 is 14.3 Å². The summed E-state index contributed by atoms with van der Waals surface area (Å²) in [5.41, 5.74) is 0.872. The van der Waals surface area contributed by atoms with Crippen molar-refractivity contribution >= 4 is 11.8 Å². The van der Waals surface area contributed by atoms with E-state index in [4.69, 9.17) is 4.74 Å². The minimum atomic E-state index is -0.553. The first-order valence-corrected chi connectivity index (χ1v) is 7.81. The minimum Gasteiger partial charge on any atom is -0.367 e. The summed E-state index contributed by atoms with van der Waals surface area (Å²) in [4.78, 5) is 25.9. The number of hydrogen-bond acceptors (Lipinski definition) is 3. The molecule has 1 aromatic carbocycles. The van der Waals surface area contributed by atoms with Gasteiger partial charge in [0.2, 0.25) is 5.91 Å². The monoisotopic (exact) mass is 304 g/mol. The number of amides is 2. The van der Waals surface area contributed by atoms with Crippen LogP contribution in [0.1, 0.15) is 37.9 Å². The van der Waals surface area contributed by atoms with Crippen molar-refractivity contribution in [3.63, 3.8) is 0 Å². The number of likely N-dealkylation sites (tertiary alicyclic amines) is 1. The number of rotatable bonds is 5. The Morgan fingerprint density at radius 3 is 2.45 bits per heavy atom. The lowest BCUT2D eigenvalue weighted by Crippen LogP contribution is -2.47. The number of hydrogen-bond donors (Lipinski definition) is 1. The standard InChI is InChI=1S/C17H24N2O3/c1-3-15(20)18-14-9-11-19(12-10-14)17(21)16(22-2)13-7-5-4-6-8-13/h4-8,14,16H,3,9-12H2,1-2H3,(H,18,20)/t16-/m1/s1. The maximum absolute atomic E-state index is 12.6. The van der Waals surface area contributed by atoms with Crippen molar-refractivity contribution in [1.82, 2.24) is 10.2 Å². The van der Waals surface area contributed by atoms with Crippen molar-refractivity contribution in [2.75, 3.05) is 20.2 Å². The number of ether oxygens (including phenoxy) is 1. The SMILES string of the molecule is CCC(=O)NC1CCN(C(=O)[C@H](OC)c2ccccc2)CC1. The van der Waals surface area contributed by atoms with Crippen LogP contribution in [-0.2, 0) is 14.3 Å². The van der Waals surface area contributed by atoms with E-state index in [-0.39, 0.29) is 17.9 Å². The van der Waals surface area contributed by atoms with E-state index in [1.807, 2.05) is 42.2 Å². The van der Waals surface area contributed by atoms with Crippen LogP contribution in [-0.4, -0.2) is 43.0 Å². The van der Waals surface area contributed by atoms with Crippen molar-refractivity contribution in [3.8, 4) is 0 Å². The van der Waals surface area contributed by atoms with Gasteiger partial charge in [-0.3, -0.25) is 9.59 Å². The van der Waals surface area contributed by atoms with Gasteiger partial charge in [0.15, 0.2) is 6.10 Å². The molecule has 0 unspecified atom stereocenters. The van der Waals surface area contributed by atoms with Gasteiger partial charge in [-0.1, -0.05) is 37.3 Å². The number of methoxy groups -OCH3 is 1. The molecule has 120 valence electrons. The first-order chi connectivity index (χ1) is 10.7. The average molecular weight is 304 g/mol. The fraction of sp³-hybridized carbons (Fsp3) is 0.529. The van der Waals surface area contributed by atoms with Gasteiger partial charge in [0.25, 0.3) is 5.91 Å². The number of piperidine rings is 1. The minimum absolute atomic E-state index is 0.00559. The molecular formula is C17H24N2O3. The van der Waals surface area contributed by atoms with Crippen LogP contribution >= 0.6 is 0 Å². The maximum Gasteiger partial charge on any atom is 0.256 e. The largest absolute Gasteiger partial charge is 0.367 e. The Kier molecular flexibility index (Phi) is 5.95. The molecule has 1 aromatic rings. The molecule has 5 nitrogen and oxygen atoms in total. The van der Waals surface area contributed by atoms with Crippen molar-refractivity contribution in [2.45, 2.75) is 38.3 Å². The maximum atomic E-state index is 12.6. The highest BCUT2D eigenvalue weighted by atomic mass is 16.5. The average Bonchev–Trinajstić information content (AvgIpc) is 2.57. The normalized spacial score (nSPS) is 17.1. The van der Waals surface area contributed by atoms with Gasteiger partial charge in [-0.2, -0.15) is 0 Å². The molecule has 0 bridgehead atoms. The van der Waals surface area contributed by atoms with Crippen molar-refractivity contribution in [1.29, 1.82) is 0 Å². The lowest BCUT2D eigenvalue weighted by atomic mass is 10.0. The number of nitrogens with zero attached hydrogens (tertiary/aromatic N) is 1. The van der Waals surface area contributed by atoms with Crippen LogP contribution in [0.4, 0.5) is 0 Å². The molecule has 1 atom stereocenters. The van der Waals surface area contributed by atoms with Gasteiger partial charge < -0.3 is 15.0 Å². The summed E-state index contributed by atoms with van der Waals surface area (Å²) >= 11 is 0. The lowest BCUT2D eigenvalue weighted by molar-refractivity contribution is -0.143. The van der Waals surface area contributed by atoms with Gasteiger partial charge in [-0.05, 0) is 18.4 Å². The Labute approximate surface area is 131 Å². The first-order valence-electron chi connectivity index (χ1n) is 7.81. The summed E-state index contributed by atoms with van der Waals surface area (Å²) in [5.74, 6) is 0.0674. The number of carbonyl (C=O) groups is 2. The van der Waals surface area contributed by atoms with Crippen LogP contribution in [0.3, 0.4) is 0 Å². The summed E-state index contributed by atoms with van der Waals surface area (Å²) in [6.45, 7) is 3.15. The van der Waals surface area contributed by atoms with E-state index in [0.29, 0.717) is 19.5 Å². The van der Waals surface area contributed by atoms with Gasteiger partial charge in [-0.15, -0.1) is 0 Å². The van der Waals surface area contributed by atoms with E-state index in [9.17, 15) is 9.59 Å². The van der Waals surface area contributed by atoms with Crippen LogP contribution < -0.4 is 5.32 Å². The number of carbonyl (C=O) groups excluding carboxylic acids is 2. The highest BCUT2D eigenvalue weighted by molar-refractivity contribution is 5.82. The molecule has 0 radical (unpaired) electrons. The van der Waals surface area contributed by atoms with Gasteiger partial charge in [0.1, 0.15) is 0 Å². The molecule has 1 saturated heterocycles. The van der Waals surface area contributed by atoms with Crippen LogP contribution in [0.15, 0.2) is 30.3 Å². The zero-order valence-corrected chi connectivity index (χ0v) is 13.2. The predicted octanol–water partition coefficient (Wildman–Crippen LogP) is 1.89. The van der Waals surface area contributed by atoms with Crippen LogP contribution in [0.25, 0.3) is 0 Å².